The molecule has 218 valence electrons. The third-order valence-corrected chi connectivity index (χ3v) is 10.7. The Labute approximate surface area is 231 Å². The van der Waals surface area contributed by atoms with Crippen molar-refractivity contribution in [3.05, 3.63) is 11.8 Å². The van der Waals surface area contributed by atoms with Gasteiger partial charge in [-0.25, -0.2) is 4.39 Å². The maximum absolute atomic E-state index is 15.7. The van der Waals surface area contributed by atoms with E-state index in [1.54, 1.807) is 0 Å². The molecular weight excluding hydrogens is 501 g/mol. The van der Waals surface area contributed by atoms with Crippen LogP contribution in [0.4, 0.5) is 4.39 Å². The largest absolute Gasteiger partial charge is 0.369 e. The number of ether oxygens (including phenoxy) is 1. The topological polar surface area (TPSA) is 97.4 Å². The van der Waals surface area contributed by atoms with Gasteiger partial charge in [-0.1, -0.05) is 25.7 Å². The smallest absolute Gasteiger partial charge is 0.256 e. The summed E-state index contributed by atoms with van der Waals surface area (Å²) in [7, 11) is 3.64. The molecule has 1 amide bonds. The molecule has 39 heavy (non-hydrogen) atoms. The fraction of sp³-hybridized carbons (Fsp3) is 0.862. The van der Waals surface area contributed by atoms with Crippen LogP contribution in [0.3, 0.4) is 0 Å². The summed E-state index contributed by atoms with van der Waals surface area (Å²) in [4.78, 5) is 31.7. The lowest BCUT2D eigenvalue weighted by atomic mass is 9.65. The third kappa shape index (κ3) is 5.27. The van der Waals surface area contributed by atoms with Crippen molar-refractivity contribution in [3.63, 3.8) is 0 Å². The Bertz CT molecular complexity index is 964. The lowest BCUT2D eigenvalue weighted by Gasteiger charge is -2.61. The number of rotatable bonds is 7. The molecule has 3 N–H and O–H groups in total. The van der Waals surface area contributed by atoms with Gasteiger partial charge >= 0.3 is 0 Å². The Hall–Kier alpha value is -1.59. The molecule has 0 radical (unpaired) electrons. The van der Waals surface area contributed by atoms with E-state index < -0.39 is 24.2 Å². The highest BCUT2D eigenvalue weighted by molar-refractivity contribution is 6.20. The van der Waals surface area contributed by atoms with Crippen molar-refractivity contribution >= 4 is 11.7 Å². The van der Waals surface area contributed by atoms with Crippen LogP contribution < -0.4 is 10.6 Å². The summed E-state index contributed by atoms with van der Waals surface area (Å²) in [5.41, 5.74) is 0.176. The van der Waals surface area contributed by atoms with Gasteiger partial charge in [0, 0.05) is 31.8 Å². The number of amides is 1. The van der Waals surface area contributed by atoms with Crippen LogP contribution in [-0.2, 0) is 14.3 Å². The summed E-state index contributed by atoms with van der Waals surface area (Å²) in [6, 6.07) is -0.386. The van der Waals surface area contributed by atoms with Crippen LogP contribution in [0.5, 0.6) is 0 Å². The van der Waals surface area contributed by atoms with Crippen LogP contribution in [-0.4, -0.2) is 108 Å². The van der Waals surface area contributed by atoms with Crippen molar-refractivity contribution in [3.8, 4) is 0 Å². The zero-order chi connectivity index (χ0) is 27.3. The van der Waals surface area contributed by atoms with Gasteiger partial charge in [0.25, 0.3) is 5.91 Å². The Kier molecular flexibility index (Phi) is 8.03. The van der Waals surface area contributed by atoms with E-state index in [1.165, 1.54) is 39.2 Å². The zero-order valence-corrected chi connectivity index (χ0v) is 23.4. The molecule has 6 aliphatic rings. The van der Waals surface area contributed by atoms with Gasteiger partial charge in [-0.2, -0.15) is 5.06 Å². The number of hydrogen-bond donors (Lipinski definition) is 3. The van der Waals surface area contributed by atoms with E-state index in [4.69, 9.17) is 4.74 Å². The average Bonchev–Trinajstić information content (AvgIpc) is 3.32. The van der Waals surface area contributed by atoms with Gasteiger partial charge in [0.15, 0.2) is 5.78 Å². The van der Waals surface area contributed by atoms with E-state index >= 15 is 4.39 Å². The standard InChI is InChI=1S/C29H46FN5O4/c1-33-11-5-8-19(33)9-10-31-29(37)21-15-35-23-12-17-6-3-4-7-18(17)13-24(23)39-28-25(32-16-34(2)38)22(30)14-20(26(28)35)27(21)36/h15,17-20,22-26,28,32,38H,3-14,16H2,1-2H3,(H,31,37). The summed E-state index contributed by atoms with van der Waals surface area (Å²) >= 11 is 0. The highest BCUT2D eigenvalue weighted by Crippen LogP contribution is 2.50. The predicted octanol–water partition coefficient (Wildman–Crippen LogP) is 2.06. The first kappa shape index (κ1) is 27.6. The molecule has 2 saturated heterocycles. The quantitative estimate of drug-likeness (QED) is 0.253. The van der Waals surface area contributed by atoms with E-state index in [1.807, 2.05) is 6.20 Å². The number of carbonyl (C=O) groups excluding carboxylic acids is 2. The number of hydrogen-bond acceptors (Lipinski definition) is 8. The zero-order valence-electron chi connectivity index (χ0n) is 23.4. The first-order valence-corrected chi connectivity index (χ1v) is 15.3. The maximum atomic E-state index is 15.7. The van der Waals surface area contributed by atoms with Crippen LogP contribution in [0.15, 0.2) is 11.8 Å². The molecule has 10 unspecified atom stereocenters. The number of ketones is 1. The van der Waals surface area contributed by atoms with E-state index in [9.17, 15) is 14.8 Å². The normalized spacial score (nSPS) is 42.0. The molecule has 3 heterocycles. The third-order valence-electron chi connectivity index (χ3n) is 10.7. The molecule has 0 bridgehead atoms. The first-order valence-electron chi connectivity index (χ1n) is 15.3. The number of morpholine rings is 1. The number of halogens is 1. The van der Waals surface area contributed by atoms with Crippen molar-refractivity contribution < 1.29 is 23.9 Å². The Morgan fingerprint density at radius 2 is 1.95 bits per heavy atom. The molecule has 10 atom stereocenters. The summed E-state index contributed by atoms with van der Waals surface area (Å²) in [5, 5.41) is 16.9. The molecule has 10 heteroatoms. The molecule has 0 spiro atoms. The SMILES string of the molecule is CN(O)CNC1C(F)CC2C(=O)C(C(=O)NCCC3CCCN3C)=CN3C4CC5CCCCC5CC4OC1C23. The number of hydroxylamine groups is 2. The second-order valence-electron chi connectivity index (χ2n) is 13.1. The molecule has 0 aromatic heterocycles. The van der Waals surface area contributed by atoms with E-state index in [2.05, 4.69) is 27.5 Å². The van der Waals surface area contributed by atoms with Gasteiger partial charge in [0.05, 0.1) is 42.6 Å². The molecule has 6 rings (SSSR count). The lowest BCUT2D eigenvalue weighted by molar-refractivity contribution is -0.210. The summed E-state index contributed by atoms with van der Waals surface area (Å²) < 4.78 is 22.5. The number of fused-ring (bicyclic) bond motifs is 3. The molecule has 3 saturated carbocycles. The molecule has 9 nitrogen and oxygen atoms in total. The number of nitrogens with zero attached hydrogens (tertiary/aromatic N) is 3. The summed E-state index contributed by atoms with van der Waals surface area (Å²) in [6.07, 6.45) is 10.0. The lowest BCUT2D eigenvalue weighted by Crippen LogP contribution is -2.73. The van der Waals surface area contributed by atoms with Gasteiger partial charge in [-0.3, -0.25) is 14.9 Å². The van der Waals surface area contributed by atoms with Crippen molar-refractivity contribution in [2.75, 3.05) is 33.9 Å². The molecular formula is C29H46FN5O4. The minimum atomic E-state index is -1.31. The van der Waals surface area contributed by atoms with Gasteiger partial charge < -0.3 is 25.1 Å². The van der Waals surface area contributed by atoms with E-state index in [-0.39, 0.29) is 48.5 Å². The Morgan fingerprint density at radius 1 is 1.18 bits per heavy atom. The molecule has 0 aromatic rings. The second-order valence-corrected chi connectivity index (χ2v) is 13.1. The minimum absolute atomic E-state index is 0.0492. The fourth-order valence-corrected chi connectivity index (χ4v) is 8.72. The molecule has 5 fully saturated rings. The van der Waals surface area contributed by atoms with E-state index in [0.717, 1.165) is 37.3 Å². The van der Waals surface area contributed by atoms with Crippen LogP contribution in [0, 0.1) is 17.8 Å². The molecule has 0 aromatic carbocycles. The fourth-order valence-electron chi connectivity index (χ4n) is 8.72. The molecule has 3 aliphatic carbocycles. The van der Waals surface area contributed by atoms with Gasteiger partial charge in [-0.15, -0.1) is 0 Å². The van der Waals surface area contributed by atoms with Crippen LogP contribution in [0.25, 0.3) is 0 Å². The van der Waals surface area contributed by atoms with E-state index in [0.29, 0.717) is 24.4 Å². The number of likely N-dealkylation sites (tertiary alicyclic amines) is 1. The summed E-state index contributed by atoms with van der Waals surface area (Å²) in [6.45, 7) is 1.72. The number of alkyl halides is 1. The maximum Gasteiger partial charge on any atom is 0.256 e. The van der Waals surface area contributed by atoms with Crippen molar-refractivity contribution in [1.82, 2.24) is 25.5 Å². The molecule has 3 aliphatic heterocycles. The highest BCUT2D eigenvalue weighted by atomic mass is 19.1. The Morgan fingerprint density at radius 3 is 2.67 bits per heavy atom. The van der Waals surface area contributed by atoms with Crippen LogP contribution in [0.2, 0.25) is 0 Å². The van der Waals surface area contributed by atoms with Crippen molar-refractivity contribution in [1.29, 1.82) is 0 Å². The van der Waals surface area contributed by atoms with Gasteiger partial charge in [-0.05, 0) is 64.0 Å². The number of carbonyl (C=O) groups is 2. The van der Waals surface area contributed by atoms with Crippen molar-refractivity contribution in [2.45, 2.75) is 107 Å². The van der Waals surface area contributed by atoms with Crippen molar-refractivity contribution in [2.24, 2.45) is 17.8 Å². The average molecular weight is 548 g/mol. The highest BCUT2D eigenvalue weighted by Gasteiger charge is 2.59. The minimum Gasteiger partial charge on any atom is -0.369 e. The van der Waals surface area contributed by atoms with Crippen LogP contribution in [0.1, 0.15) is 64.2 Å². The van der Waals surface area contributed by atoms with Gasteiger partial charge in [0.2, 0.25) is 0 Å². The second kappa shape index (κ2) is 11.4. The van der Waals surface area contributed by atoms with Gasteiger partial charge in [0.1, 0.15) is 6.17 Å². The number of nitrogens with one attached hydrogen (secondary N) is 2. The van der Waals surface area contributed by atoms with Crippen LogP contribution >= 0.6 is 0 Å². The predicted molar refractivity (Wildman–Crippen MR) is 143 cm³/mol. The first-order chi connectivity index (χ1) is 18.8. The summed E-state index contributed by atoms with van der Waals surface area (Å²) in [5.74, 6) is 0.0542. The number of Topliss-reactive ketones (excluding diaryl/α,β-unsaturated/α-hetero) is 1. The monoisotopic (exact) mass is 547 g/mol. The Balaban J connectivity index is 1.26.